The molecule has 7 heteroatoms. The fourth-order valence-corrected chi connectivity index (χ4v) is 2.60. The molecule has 0 atom stereocenters. The van der Waals surface area contributed by atoms with Crippen molar-refractivity contribution in [2.45, 2.75) is 25.3 Å². The number of nitrogens with one attached hydrogen (secondary N) is 1. The molecule has 0 bridgehead atoms. The number of hydrogen-bond acceptors (Lipinski definition) is 5. The SMILES string of the molecule is Cc1nc(CNS(=O)(=O)c2ccccc2O)oc1C. The average Bonchev–Trinajstić information content (AvgIpc) is 2.67. The van der Waals surface area contributed by atoms with Crippen LogP contribution in [0.5, 0.6) is 5.75 Å². The number of aromatic hydroxyl groups is 1. The quantitative estimate of drug-likeness (QED) is 0.886. The molecular weight excluding hydrogens is 268 g/mol. The Labute approximate surface area is 111 Å². The van der Waals surface area contributed by atoms with E-state index in [1.165, 1.54) is 18.2 Å². The monoisotopic (exact) mass is 282 g/mol. The van der Waals surface area contributed by atoms with Crippen LogP contribution in [0.3, 0.4) is 0 Å². The Morgan fingerprint density at radius 3 is 2.58 bits per heavy atom. The number of rotatable bonds is 4. The molecule has 2 N–H and O–H groups in total. The van der Waals surface area contributed by atoms with Gasteiger partial charge in [0.1, 0.15) is 16.4 Å². The van der Waals surface area contributed by atoms with Gasteiger partial charge in [0, 0.05) is 0 Å². The number of para-hydroxylation sites is 1. The van der Waals surface area contributed by atoms with Gasteiger partial charge in [-0.1, -0.05) is 12.1 Å². The van der Waals surface area contributed by atoms with Crippen molar-refractivity contribution in [1.82, 2.24) is 9.71 Å². The molecule has 19 heavy (non-hydrogen) atoms. The van der Waals surface area contributed by atoms with Crippen LogP contribution >= 0.6 is 0 Å². The first kappa shape index (κ1) is 13.6. The Kier molecular flexibility index (Phi) is 3.59. The summed E-state index contributed by atoms with van der Waals surface area (Å²) in [5.74, 6) is 0.639. The number of phenolic OH excluding ortho intramolecular Hbond substituents is 1. The lowest BCUT2D eigenvalue weighted by Gasteiger charge is -2.06. The second-order valence-corrected chi connectivity index (χ2v) is 5.78. The lowest BCUT2D eigenvalue weighted by Crippen LogP contribution is -2.23. The highest BCUT2D eigenvalue weighted by Crippen LogP contribution is 2.21. The molecule has 2 aromatic rings. The topological polar surface area (TPSA) is 92.4 Å². The van der Waals surface area contributed by atoms with Crippen molar-refractivity contribution in [2.24, 2.45) is 0 Å². The smallest absolute Gasteiger partial charge is 0.244 e. The number of nitrogens with zero attached hydrogens (tertiary/aromatic N) is 1. The first-order valence-electron chi connectivity index (χ1n) is 5.61. The second kappa shape index (κ2) is 5.02. The summed E-state index contributed by atoms with van der Waals surface area (Å²) in [6.07, 6.45) is 0. The minimum atomic E-state index is -3.79. The Bertz CT molecular complexity index is 672. The van der Waals surface area contributed by atoms with Crippen LogP contribution in [0, 0.1) is 13.8 Å². The zero-order valence-corrected chi connectivity index (χ0v) is 11.4. The van der Waals surface area contributed by atoms with Crippen LogP contribution < -0.4 is 4.72 Å². The predicted molar refractivity (Wildman–Crippen MR) is 68.1 cm³/mol. The van der Waals surface area contributed by atoms with Crippen LogP contribution in [0.2, 0.25) is 0 Å². The number of sulfonamides is 1. The molecule has 6 nitrogen and oxygen atoms in total. The van der Waals surface area contributed by atoms with Crippen LogP contribution in [0.1, 0.15) is 17.3 Å². The molecular formula is C12H14N2O4S. The summed E-state index contributed by atoms with van der Waals surface area (Å²) in [7, 11) is -3.79. The van der Waals surface area contributed by atoms with Gasteiger partial charge < -0.3 is 9.52 Å². The maximum absolute atomic E-state index is 12.0. The van der Waals surface area contributed by atoms with Gasteiger partial charge >= 0.3 is 0 Å². The molecule has 0 amide bonds. The molecule has 0 aliphatic carbocycles. The number of benzene rings is 1. The minimum Gasteiger partial charge on any atom is -0.507 e. The van der Waals surface area contributed by atoms with E-state index in [1.807, 2.05) is 0 Å². The second-order valence-electron chi connectivity index (χ2n) is 4.04. The number of phenols is 1. The largest absolute Gasteiger partial charge is 0.507 e. The molecule has 0 spiro atoms. The maximum Gasteiger partial charge on any atom is 0.244 e. The fraction of sp³-hybridized carbons (Fsp3) is 0.250. The van der Waals surface area contributed by atoms with E-state index in [-0.39, 0.29) is 23.1 Å². The van der Waals surface area contributed by atoms with E-state index in [2.05, 4.69) is 9.71 Å². The molecule has 0 unspecified atom stereocenters. The fourth-order valence-electron chi connectivity index (χ4n) is 1.53. The van der Waals surface area contributed by atoms with Gasteiger partial charge in [-0.05, 0) is 26.0 Å². The molecule has 0 aliphatic heterocycles. The van der Waals surface area contributed by atoms with E-state index in [0.29, 0.717) is 5.76 Å². The lowest BCUT2D eigenvalue weighted by atomic mass is 10.3. The molecule has 1 aromatic carbocycles. The molecule has 2 rings (SSSR count). The number of oxazole rings is 1. The molecule has 102 valence electrons. The van der Waals surface area contributed by atoms with Crippen LogP contribution in [0.15, 0.2) is 33.6 Å². The highest BCUT2D eigenvalue weighted by atomic mass is 32.2. The van der Waals surface area contributed by atoms with Crippen LogP contribution in [-0.4, -0.2) is 18.5 Å². The molecule has 1 heterocycles. The van der Waals surface area contributed by atoms with Gasteiger partial charge in [-0.3, -0.25) is 0 Å². The third kappa shape index (κ3) is 2.94. The van der Waals surface area contributed by atoms with Crippen LogP contribution in [0.25, 0.3) is 0 Å². The van der Waals surface area contributed by atoms with Crippen molar-refractivity contribution >= 4 is 10.0 Å². The van der Waals surface area contributed by atoms with Crippen molar-refractivity contribution in [3.05, 3.63) is 41.6 Å². The normalized spacial score (nSPS) is 11.7. The molecule has 0 saturated carbocycles. The third-order valence-corrected chi connectivity index (χ3v) is 4.09. The van der Waals surface area contributed by atoms with Gasteiger partial charge in [0.05, 0.1) is 12.2 Å². The molecule has 1 aromatic heterocycles. The summed E-state index contributed by atoms with van der Waals surface area (Å²) >= 11 is 0. The first-order chi connectivity index (χ1) is 8.90. The van der Waals surface area contributed by atoms with E-state index >= 15 is 0 Å². The number of aromatic nitrogens is 1. The van der Waals surface area contributed by atoms with Gasteiger partial charge in [0.15, 0.2) is 0 Å². The summed E-state index contributed by atoms with van der Waals surface area (Å²) < 4.78 is 31.6. The van der Waals surface area contributed by atoms with Gasteiger partial charge in [0.25, 0.3) is 0 Å². The summed E-state index contributed by atoms with van der Waals surface area (Å²) in [6.45, 7) is 3.47. The van der Waals surface area contributed by atoms with Gasteiger partial charge in [-0.15, -0.1) is 0 Å². The van der Waals surface area contributed by atoms with Crippen molar-refractivity contribution in [3.63, 3.8) is 0 Å². The van der Waals surface area contributed by atoms with E-state index in [1.54, 1.807) is 19.9 Å². The minimum absolute atomic E-state index is 0.0641. The Hall–Kier alpha value is -1.86. The van der Waals surface area contributed by atoms with Crippen LogP contribution in [0.4, 0.5) is 0 Å². The molecule has 0 aliphatic rings. The zero-order valence-electron chi connectivity index (χ0n) is 10.5. The number of aryl methyl sites for hydroxylation is 2. The molecule has 0 radical (unpaired) electrons. The Balaban J connectivity index is 2.17. The van der Waals surface area contributed by atoms with Crippen LogP contribution in [-0.2, 0) is 16.6 Å². The maximum atomic E-state index is 12.0. The predicted octanol–water partition coefficient (Wildman–Crippen LogP) is 1.48. The summed E-state index contributed by atoms with van der Waals surface area (Å²) in [4.78, 5) is 3.90. The van der Waals surface area contributed by atoms with Crippen molar-refractivity contribution in [1.29, 1.82) is 0 Å². The average molecular weight is 282 g/mol. The zero-order chi connectivity index (χ0) is 14.0. The third-order valence-electron chi connectivity index (χ3n) is 2.64. The molecule has 0 saturated heterocycles. The van der Waals surface area contributed by atoms with Gasteiger partial charge in [0.2, 0.25) is 15.9 Å². The highest BCUT2D eigenvalue weighted by Gasteiger charge is 2.18. The highest BCUT2D eigenvalue weighted by molar-refractivity contribution is 7.89. The van der Waals surface area contributed by atoms with E-state index < -0.39 is 10.0 Å². The van der Waals surface area contributed by atoms with Crippen molar-refractivity contribution < 1.29 is 17.9 Å². The summed E-state index contributed by atoms with van der Waals surface area (Å²) in [5, 5.41) is 9.53. The molecule has 0 fully saturated rings. The van der Waals surface area contributed by atoms with E-state index in [0.717, 1.165) is 5.69 Å². The van der Waals surface area contributed by atoms with E-state index in [4.69, 9.17) is 4.42 Å². The Morgan fingerprint density at radius 1 is 1.32 bits per heavy atom. The van der Waals surface area contributed by atoms with Gasteiger partial charge in [-0.2, -0.15) is 0 Å². The van der Waals surface area contributed by atoms with Crippen molar-refractivity contribution in [3.8, 4) is 5.75 Å². The Morgan fingerprint density at radius 2 is 2.00 bits per heavy atom. The summed E-state index contributed by atoms with van der Waals surface area (Å²) in [6, 6.07) is 5.72. The summed E-state index contributed by atoms with van der Waals surface area (Å²) in [5.41, 5.74) is 0.719. The van der Waals surface area contributed by atoms with Gasteiger partial charge in [-0.25, -0.2) is 18.1 Å². The van der Waals surface area contributed by atoms with Crippen molar-refractivity contribution in [2.75, 3.05) is 0 Å². The lowest BCUT2D eigenvalue weighted by molar-refractivity contribution is 0.452. The standard InChI is InChI=1S/C12H14N2O4S/c1-8-9(2)18-12(14-8)7-13-19(16,17)11-6-4-3-5-10(11)15/h3-6,13,15H,7H2,1-2H3. The number of hydrogen-bond donors (Lipinski definition) is 2. The van der Waals surface area contributed by atoms with E-state index in [9.17, 15) is 13.5 Å². The first-order valence-corrected chi connectivity index (χ1v) is 7.09.